The second kappa shape index (κ2) is 6.96. The number of carbonyl (C=O) groups excluding carboxylic acids is 3. The highest BCUT2D eigenvalue weighted by molar-refractivity contribution is 6.34. The molecular weight excluding hydrogens is 396 g/mol. The quantitative estimate of drug-likeness (QED) is 0.403. The van der Waals surface area contributed by atoms with Gasteiger partial charge >= 0.3 is 0 Å². The number of halogens is 1. The molecule has 0 aromatic heterocycles. The molecule has 0 aliphatic heterocycles. The maximum atomic E-state index is 12.8. The molecule has 0 unspecified atom stereocenters. The van der Waals surface area contributed by atoms with Gasteiger partial charge in [-0.25, -0.2) is 0 Å². The third kappa shape index (κ3) is 3.17. The number of nitro groups is 1. The first-order chi connectivity index (χ1) is 13.9. The Kier molecular flexibility index (Phi) is 4.44. The lowest BCUT2D eigenvalue weighted by Crippen LogP contribution is -2.21. The Bertz CT molecular complexity index is 1240. The molecule has 7 nitrogen and oxygen atoms in total. The normalized spacial score (nSPS) is 12.2. The number of nitro benzene ring substituents is 1. The molecule has 3 aromatic rings. The van der Waals surface area contributed by atoms with Crippen molar-refractivity contribution in [2.24, 2.45) is 0 Å². The summed E-state index contributed by atoms with van der Waals surface area (Å²) in [5.41, 5.74) is 1.22. The number of nitrogens with zero attached hydrogens (tertiary/aromatic N) is 1. The summed E-state index contributed by atoms with van der Waals surface area (Å²) in [7, 11) is 0. The van der Waals surface area contributed by atoms with Gasteiger partial charge in [-0.3, -0.25) is 24.5 Å². The summed E-state index contributed by atoms with van der Waals surface area (Å²) in [4.78, 5) is 48.1. The van der Waals surface area contributed by atoms with E-state index in [9.17, 15) is 24.5 Å². The molecule has 0 radical (unpaired) electrons. The van der Waals surface area contributed by atoms with Crippen LogP contribution in [0.5, 0.6) is 0 Å². The van der Waals surface area contributed by atoms with Crippen molar-refractivity contribution >= 4 is 40.4 Å². The van der Waals surface area contributed by atoms with Crippen molar-refractivity contribution in [2.75, 3.05) is 5.32 Å². The number of nitrogens with one attached hydrogen (secondary N) is 1. The lowest BCUT2D eigenvalue weighted by molar-refractivity contribution is -0.384. The molecule has 142 valence electrons. The first-order valence-electron chi connectivity index (χ1n) is 8.44. The molecule has 1 N–H and O–H groups in total. The standard InChI is InChI=1S/C21H11ClN2O5/c22-18-10-12(24(28)29)6-8-16(18)21(27)23-11-5-7-15-17(9-11)20(26)14-4-2-1-3-13(14)19(15)25/h1-10H,(H,23,27). The number of amides is 1. The average molecular weight is 407 g/mol. The molecule has 1 amide bonds. The zero-order valence-corrected chi connectivity index (χ0v) is 15.4. The number of benzene rings is 3. The maximum Gasteiger partial charge on any atom is 0.270 e. The third-order valence-corrected chi connectivity index (χ3v) is 4.90. The lowest BCUT2D eigenvalue weighted by atomic mass is 9.84. The molecule has 0 saturated heterocycles. The maximum absolute atomic E-state index is 12.8. The van der Waals surface area contributed by atoms with Crippen LogP contribution in [0.1, 0.15) is 42.2 Å². The minimum Gasteiger partial charge on any atom is -0.322 e. The number of non-ortho nitro benzene ring substituents is 1. The van der Waals surface area contributed by atoms with Gasteiger partial charge in [0.1, 0.15) is 0 Å². The Morgan fingerprint density at radius 2 is 1.48 bits per heavy atom. The van der Waals surface area contributed by atoms with Gasteiger partial charge in [-0.1, -0.05) is 35.9 Å². The zero-order valence-electron chi connectivity index (χ0n) is 14.6. The second-order valence-electron chi connectivity index (χ2n) is 6.34. The smallest absolute Gasteiger partial charge is 0.270 e. The molecule has 1 aliphatic rings. The monoisotopic (exact) mass is 406 g/mol. The van der Waals surface area contributed by atoms with Crippen LogP contribution >= 0.6 is 11.6 Å². The van der Waals surface area contributed by atoms with Crippen molar-refractivity contribution in [3.63, 3.8) is 0 Å². The molecule has 0 fully saturated rings. The summed E-state index contributed by atoms with van der Waals surface area (Å²) in [5, 5.41) is 13.3. The summed E-state index contributed by atoms with van der Waals surface area (Å²) < 4.78 is 0. The van der Waals surface area contributed by atoms with Crippen molar-refractivity contribution in [3.05, 3.63) is 104 Å². The third-order valence-electron chi connectivity index (χ3n) is 4.59. The molecule has 0 heterocycles. The van der Waals surface area contributed by atoms with Gasteiger partial charge in [-0.2, -0.15) is 0 Å². The van der Waals surface area contributed by atoms with E-state index < -0.39 is 10.8 Å². The fourth-order valence-electron chi connectivity index (χ4n) is 3.18. The van der Waals surface area contributed by atoms with Crippen LogP contribution in [0.3, 0.4) is 0 Å². The van der Waals surface area contributed by atoms with Crippen LogP contribution in [0.2, 0.25) is 5.02 Å². The van der Waals surface area contributed by atoms with E-state index in [1.165, 1.54) is 30.3 Å². The summed E-state index contributed by atoms with van der Waals surface area (Å²) >= 11 is 5.98. The van der Waals surface area contributed by atoms with E-state index in [0.717, 1.165) is 6.07 Å². The molecule has 4 rings (SSSR count). The lowest BCUT2D eigenvalue weighted by Gasteiger charge is -2.18. The number of anilines is 1. The Balaban J connectivity index is 1.65. The largest absolute Gasteiger partial charge is 0.322 e. The van der Waals surface area contributed by atoms with Gasteiger partial charge in [-0.15, -0.1) is 0 Å². The van der Waals surface area contributed by atoms with E-state index in [0.29, 0.717) is 16.8 Å². The van der Waals surface area contributed by atoms with Gasteiger partial charge in [0.25, 0.3) is 11.6 Å². The van der Waals surface area contributed by atoms with Crippen molar-refractivity contribution in [2.45, 2.75) is 0 Å². The number of rotatable bonds is 3. The van der Waals surface area contributed by atoms with Crippen LogP contribution in [0.25, 0.3) is 0 Å². The fourth-order valence-corrected chi connectivity index (χ4v) is 3.44. The van der Waals surface area contributed by atoms with Crippen LogP contribution in [0.4, 0.5) is 11.4 Å². The van der Waals surface area contributed by atoms with Crippen LogP contribution < -0.4 is 5.32 Å². The summed E-state index contributed by atoms with van der Waals surface area (Å²) in [5.74, 6) is -1.16. The average Bonchev–Trinajstić information content (AvgIpc) is 2.71. The van der Waals surface area contributed by atoms with Gasteiger partial charge in [0.15, 0.2) is 11.6 Å². The van der Waals surface area contributed by atoms with Gasteiger partial charge in [0, 0.05) is 40.1 Å². The number of ketones is 2. The van der Waals surface area contributed by atoms with E-state index in [2.05, 4.69) is 5.32 Å². The van der Waals surface area contributed by atoms with E-state index >= 15 is 0 Å². The minimum atomic E-state index is -0.614. The number of hydrogen-bond donors (Lipinski definition) is 1. The Hall–Kier alpha value is -3.84. The number of hydrogen-bond acceptors (Lipinski definition) is 5. The molecular formula is C21H11ClN2O5. The highest BCUT2D eigenvalue weighted by Gasteiger charge is 2.29. The van der Waals surface area contributed by atoms with E-state index in [-0.39, 0.29) is 39.0 Å². The zero-order chi connectivity index (χ0) is 20.7. The molecule has 3 aromatic carbocycles. The molecule has 0 bridgehead atoms. The van der Waals surface area contributed by atoms with Crippen LogP contribution in [0, 0.1) is 10.1 Å². The Morgan fingerprint density at radius 3 is 2.10 bits per heavy atom. The highest BCUT2D eigenvalue weighted by Crippen LogP contribution is 2.30. The van der Waals surface area contributed by atoms with Crippen molar-refractivity contribution in [1.29, 1.82) is 0 Å². The van der Waals surface area contributed by atoms with E-state index in [4.69, 9.17) is 11.6 Å². The Morgan fingerprint density at radius 1 is 0.862 bits per heavy atom. The predicted molar refractivity (Wildman–Crippen MR) is 106 cm³/mol. The highest BCUT2D eigenvalue weighted by atomic mass is 35.5. The first-order valence-corrected chi connectivity index (χ1v) is 8.82. The summed E-state index contributed by atoms with van der Waals surface area (Å²) in [6.45, 7) is 0. The predicted octanol–water partition coefficient (Wildman–Crippen LogP) is 4.28. The SMILES string of the molecule is O=C(Nc1ccc2c(c1)C(=O)c1ccccc1C2=O)c1ccc([N+](=O)[O-])cc1Cl. The van der Waals surface area contributed by atoms with Crippen molar-refractivity contribution in [1.82, 2.24) is 0 Å². The second-order valence-corrected chi connectivity index (χ2v) is 6.75. The van der Waals surface area contributed by atoms with Crippen LogP contribution in [-0.4, -0.2) is 22.4 Å². The Labute approximate surface area is 169 Å². The van der Waals surface area contributed by atoms with Gasteiger partial charge < -0.3 is 5.32 Å². The molecule has 0 atom stereocenters. The van der Waals surface area contributed by atoms with E-state index in [1.54, 1.807) is 24.3 Å². The topological polar surface area (TPSA) is 106 Å². The van der Waals surface area contributed by atoms with Crippen LogP contribution in [0.15, 0.2) is 60.7 Å². The van der Waals surface area contributed by atoms with Crippen molar-refractivity contribution in [3.8, 4) is 0 Å². The van der Waals surface area contributed by atoms with Crippen LogP contribution in [-0.2, 0) is 0 Å². The molecule has 0 spiro atoms. The molecule has 8 heteroatoms. The number of carbonyl (C=O) groups is 3. The molecule has 1 aliphatic carbocycles. The van der Waals surface area contributed by atoms with Crippen molar-refractivity contribution < 1.29 is 19.3 Å². The molecule has 0 saturated carbocycles. The minimum absolute atomic E-state index is 0.0442. The fraction of sp³-hybridized carbons (Fsp3) is 0. The molecule has 29 heavy (non-hydrogen) atoms. The summed E-state index contributed by atoms with van der Waals surface area (Å²) in [6.07, 6.45) is 0. The van der Waals surface area contributed by atoms with Gasteiger partial charge in [-0.05, 0) is 24.3 Å². The van der Waals surface area contributed by atoms with Gasteiger partial charge in [0.2, 0.25) is 0 Å². The summed E-state index contributed by atoms with van der Waals surface area (Å²) in [6, 6.07) is 14.5. The first kappa shape index (κ1) is 18.5. The van der Waals surface area contributed by atoms with E-state index in [1.807, 2.05) is 0 Å². The number of fused-ring (bicyclic) bond motifs is 2. The van der Waals surface area contributed by atoms with Gasteiger partial charge in [0.05, 0.1) is 15.5 Å².